The summed E-state index contributed by atoms with van der Waals surface area (Å²) in [6, 6.07) is 8.77. The number of benzene rings is 1. The Morgan fingerprint density at radius 2 is 1.57 bits per heavy atom. The van der Waals surface area contributed by atoms with Gasteiger partial charge >= 0.3 is 7.69 Å². The highest BCUT2D eigenvalue weighted by Crippen LogP contribution is 2.42. The number of piperidine rings is 1. The lowest BCUT2D eigenvalue weighted by molar-refractivity contribution is 0.00578. The number of rotatable bonds is 0. The highest BCUT2D eigenvalue weighted by molar-refractivity contribution is 6.19. The largest absolute Gasteiger partial charge is 0.488 e. The first kappa shape index (κ1) is 16.8. The average Bonchev–Trinajstić information content (AvgIpc) is 2.99. The fourth-order valence-corrected chi connectivity index (χ4v) is 3.36. The zero-order valence-electron chi connectivity index (χ0n) is 14.7. The molecule has 125 valence electrons. The number of para-hydroxylation sites is 1. The first-order valence-electron chi connectivity index (χ1n) is 8.58. The van der Waals surface area contributed by atoms with Gasteiger partial charge in [0.2, 0.25) is 0 Å². The molecule has 3 aliphatic heterocycles. The highest BCUT2D eigenvalue weighted by Gasteiger charge is 2.44. The van der Waals surface area contributed by atoms with Crippen LogP contribution in [0.1, 0.15) is 46.1 Å². The van der Waals surface area contributed by atoms with E-state index in [0.29, 0.717) is 5.41 Å². The smallest absolute Gasteiger partial charge is 0.405 e. The van der Waals surface area contributed by atoms with Crippen LogP contribution in [0.5, 0.6) is 0 Å². The Labute approximate surface area is 140 Å². The summed E-state index contributed by atoms with van der Waals surface area (Å²) in [5.41, 5.74) is 2.96. The Morgan fingerprint density at radius 1 is 0.957 bits per heavy atom. The van der Waals surface area contributed by atoms with E-state index >= 15 is 0 Å². The minimum Gasteiger partial charge on any atom is -0.405 e. The van der Waals surface area contributed by atoms with Gasteiger partial charge in [0.15, 0.2) is 0 Å². The normalized spacial score (nSPS) is 25.7. The predicted octanol–water partition coefficient (Wildman–Crippen LogP) is 2.86. The lowest BCUT2D eigenvalue weighted by Crippen LogP contribution is -2.41. The van der Waals surface area contributed by atoms with Gasteiger partial charge in [-0.2, -0.15) is 0 Å². The maximum atomic E-state index is 5.21. The molecule has 1 aromatic carbocycles. The molecule has 2 fully saturated rings. The van der Waals surface area contributed by atoms with Crippen LogP contribution >= 0.6 is 0 Å². The fraction of sp³-hybridized carbons (Fsp3) is 0.667. The number of hydrogen-bond acceptors (Lipinski definition) is 4. The Kier molecular flexibility index (Phi) is 4.47. The van der Waals surface area contributed by atoms with Crippen molar-refractivity contribution in [1.29, 1.82) is 0 Å². The second kappa shape index (κ2) is 6.12. The third-order valence-electron chi connectivity index (χ3n) is 5.81. The second-order valence-electron chi connectivity index (χ2n) is 7.78. The summed E-state index contributed by atoms with van der Waals surface area (Å²) in [6.45, 7) is 11.5. The quantitative estimate of drug-likeness (QED) is 0.723. The van der Waals surface area contributed by atoms with Gasteiger partial charge in [-0.15, -0.1) is 0 Å². The van der Waals surface area contributed by atoms with Crippen LogP contribution in [0.2, 0.25) is 0 Å². The van der Waals surface area contributed by atoms with Crippen molar-refractivity contribution in [1.82, 2.24) is 5.32 Å². The van der Waals surface area contributed by atoms with Crippen molar-refractivity contribution in [2.75, 3.05) is 25.0 Å². The van der Waals surface area contributed by atoms with Gasteiger partial charge in [0.05, 0.1) is 11.2 Å². The zero-order chi connectivity index (χ0) is 16.6. The van der Waals surface area contributed by atoms with E-state index in [1.807, 2.05) is 27.7 Å². The Hall–Kier alpha value is -1.04. The summed E-state index contributed by atoms with van der Waals surface area (Å²) >= 11 is 0. The van der Waals surface area contributed by atoms with Crippen molar-refractivity contribution >= 4 is 13.4 Å². The van der Waals surface area contributed by atoms with Gasteiger partial charge in [0.1, 0.15) is 0 Å². The molecule has 4 nitrogen and oxygen atoms in total. The third kappa shape index (κ3) is 3.15. The zero-order valence-corrected chi connectivity index (χ0v) is 14.7. The van der Waals surface area contributed by atoms with E-state index in [1.165, 1.54) is 26.2 Å². The molecule has 2 N–H and O–H groups in total. The van der Waals surface area contributed by atoms with Gasteiger partial charge in [-0.3, -0.25) is 0 Å². The molecule has 0 unspecified atom stereocenters. The van der Waals surface area contributed by atoms with E-state index in [-0.39, 0.29) is 11.2 Å². The molecule has 0 atom stereocenters. The van der Waals surface area contributed by atoms with Gasteiger partial charge in [-0.25, -0.2) is 0 Å². The number of anilines is 1. The molecular formula is C18H28BN2O2. The molecule has 0 saturated carbocycles. The van der Waals surface area contributed by atoms with Crippen LogP contribution in [0.15, 0.2) is 24.3 Å². The molecule has 1 aromatic rings. The van der Waals surface area contributed by atoms with E-state index in [4.69, 9.17) is 9.31 Å². The van der Waals surface area contributed by atoms with Crippen LogP contribution in [-0.4, -0.2) is 38.5 Å². The molecule has 0 bridgehead atoms. The van der Waals surface area contributed by atoms with Crippen LogP contribution in [0.25, 0.3) is 0 Å². The number of nitrogens with one attached hydrogen (secondary N) is 2. The van der Waals surface area contributed by atoms with E-state index in [0.717, 1.165) is 19.6 Å². The minimum absolute atomic E-state index is 0.187. The highest BCUT2D eigenvalue weighted by atomic mass is 16.7. The topological polar surface area (TPSA) is 42.5 Å². The Balaban J connectivity index is 0.000000151. The monoisotopic (exact) mass is 315 g/mol. The Bertz CT molecular complexity index is 534. The SMILES string of the molecule is CC1(C)O[B]OC1(C)C.c1ccc2c(c1)NCC21CCNCC1. The molecule has 3 aliphatic rings. The van der Waals surface area contributed by atoms with E-state index in [9.17, 15) is 0 Å². The number of fused-ring (bicyclic) bond motifs is 2. The fourth-order valence-electron chi connectivity index (χ4n) is 3.36. The molecule has 23 heavy (non-hydrogen) atoms. The van der Waals surface area contributed by atoms with Crippen LogP contribution in [0.4, 0.5) is 5.69 Å². The van der Waals surface area contributed by atoms with Gasteiger partial charge in [-0.1, -0.05) is 18.2 Å². The summed E-state index contributed by atoms with van der Waals surface area (Å²) < 4.78 is 10.4. The van der Waals surface area contributed by atoms with E-state index in [2.05, 4.69) is 34.9 Å². The lowest BCUT2D eigenvalue weighted by Gasteiger charge is -2.33. The summed E-state index contributed by atoms with van der Waals surface area (Å²) in [5.74, 6) is 0. The van der Waals surface area contributed by atoms with Crippen LogP contribution in [0.3, 0.4) is 0 Å². The first-order chi connectivity index (χ1) is 10.9. The Morgan fingerprint density at radius 3 is 2.13 bits per heavy atom. The molecule has 1 spiro atoms. The van der Waals surface area contributed by atoms with Crippen LogP contribution < -0.4 is 10.6 Å². The third-order valence-corrected chi connectivity index (χ3v) is 5.81. The van der Waals surface area contributed by atoms with Crippen molar-refractivity contribution in [3.05, 3.63) is 29.8 Å². The summed E-state index contributed by atoms with van der Waals surface area (Å²) in [7, 11) is 1.42. The summed E-state index contributed by atoms with van der Waals surface area (Å²) in [6.07, 6.45) is 2.55. The molecule has 5 heteroatoms. The molecule has 4 rings (SSSR count). The van der Waals surface area contributed by atoms with Crippen molar-refractivity contribution < 1.29 is 9.31 Å². The van der Waals surface area contributed by atoms with Gasteiger partial charge in [-0.05, 0) is 65.3 Å². The first-order valence-corrected chi connectivity index (χ1v) is 8.58. The van der Waals surface area contributed by atoms with Crippen molar-refractivity contribution in [3.8, 4) is 0 Å². The van der Waals surface area contributed by atoms with Gasteiger partial charge in [0, 0.05) is 17.6 Å². The molecule has 1 radical (unpaired) electrons. The van der Waals surface area contributed by atoms with Crippen LogP contribution in [0, 0.1) is 0 Å². The van der Waals surface area contributed by atoms with Crippen molar-refractivity contribution in [3.63, 3.8) is 0 Å². The molecule has 2 saturated heterocycles. The maximum Gasteiger partial charge on any atom is 0.488 e. The summed E-state index contributed by atoms with van der Waals surface area (Å²) in [5, 5.41) is 6.97. The molecule has 0 amide bonds. The standard InChI is InChI=1S/C12H16N2.C6H12BO2/c1-2-4-11-10(3-1)12(9-14-11)5-7-13-8-6-12;1-5(2)6(3,4)9-7-8-5/h1-4,13-14H,5-9H2;1-4H3. The molecule has 0 aromatic heterocycles. The van der Waals surface area contributed by atoms with Gasteiger partial charge < -0.3 is 19.9 Å². The number of hydrogen-bond donors (Lipinski definition) is 2. The predicted molar refractivity (Wildman–Crippen MR) is 94.8 cm³/mol. The average molecular weight is 315 g/mol. The maximum absolute atomic E-state index is 5.21. The lowest BCUT2D eigenvalue weighted by atomic mass is 9.75. The molecule has 3 heterocycles. The van der Waals surface area contributed by atoms with Crippen molar-refractivity contribution in [2.24, 2.45) is 0 Å². The summed E-state index contributed by atoms with van der Waals surface area (Å²) in [4.78, 5) is 0. The van der Waals surface area contributed by atoms with E-state index < -0.39 is 0 Å². The molecular weight excluding hydrogens is 287 g/mol. The molecule has 0 aliphatic carbocycles. The van der Waals surface area contributed by atoms with Crippen LogP contribution in [-0.2, 0) is 14.7 Å². The second-order valence-corrected chi connectivity index (χ2v) is 7.78. The minimum atomic E-state index is -0.188. The van der Waals surface area contributed by atoms with Crippen molar-refractivity contribution in [2.45, 2.75) is 57.2 Å². The van der Waals surface area contributed by atoms with Gasteiger partial charge in [0.25, 0.3) is 0 Å². The van der Waals surface area contributed by atoms with E-state index in [1.54, 1.807) is 5.56 Å².